The number of aliphatic hydroxyl groups excluding tert-OH is 1. The molecule has 4 heterocycles. The van der Waals surface area contributed by atoms with Crippen LogP contribution in [0.1, 0.15) is 48.9 Å². The van der Waals surface area contributed by atoms with Gasteiger partial charge in [-0.3, -0.25) is 9.80 Å². The van der Waals surface area contributed by atoms with Crippen LogP contribution in [0.2, 0.25) is 0 Å². The molecular formula is C18H29N7O. The number of rotatable bonds is 5. The van der Waals surface area contributed by atoms with Crippen molar-refractivity contribution in [1.82, 2.24) is 34.5 Å². The van der Waals surface area contributed by atoms with Crippen molar-refractivity contribution in [3.63, 3.8) is 0 Å². The summed E-state index contributed by atoms with van der Waals surface area (Å²) in [7, 11) is 2.09. The summed E-state index contributed by atoms with van der Waals surface area (Å²) in [6.45, 7) is 5.74. The van der Waals surface area contributed by atoms with E-state index in [1.165, 1.54) is 12.8 Å². The van der Waals surface area contributed by atoms with E-state index in [0.29, 0.717) is 5.92 Å². The Morgan fingerprint density at radius 3 is 2.73 bits per heavy atom. The second kappa shape index (κ2) is 7.85. The highest BCUT2D eigenvalue weighted by Crippen LogP contribution is 2.27. The Kier molecular flexibility index (Phi) is 5.33. The van der Waals surface area contributed by atoms with Crippen LogP contribution in [-0.2, 0) is 20.1 Å². The molecule has 26 heavy (non-hydrogen) atoms. The molecule has 2 fully saturated rings. The lowest BCUT2D eigenvalue weighted by molar-refractivity contribution is 0.0775. The third-order valence-corrected chi connectivity index (χ3v) is 5.74. The molecule has 0 saturated carbocycles. The number of nitrogens with one attached hydrogen (secondary N) is 1. The molecule has 4 rings (SSSR count). The van der Waals surface area contributed by atoms with Gasteiger partial charge >= 0.3 is 0 Å². The van der Waals surface area contributed by atoms with E-state index in [2.05, 4.69) is 41.6 Å². The second-order valence-electron chi connectivity index (χ2n) is 7.69. The number of hydrogen-bond acceptors (Lipinski definition) is 6. The predicted octanol–water partition coefficient (Wildman–Crippen LogP) is 0.874. The summed E-state index contributed by atoms with van der Waals surface area (Å²) in [5.74, 6) is 2.56. The number of aromatic amines is 1. The van der Waals surface area contributed by atoms with Crippen LogP contribution in [0.3, 0.4) is 0 Å². The van der Waals surface area contributed by atoms with Crippen molar-refractivity contribution in [2.75, 3.05) is 26.2 Å². The van der Waals surface area contributed by atoms with Crippen molar-refractivity contribution in [1.29, 1.82) is 0 Å². The van der Waals surface area contributed by atoms with Crippen molar-refractivity contribution >= 4 is 0 Å². The third kappa shape index (κ3) is 3.97. The van der Waals surface area contributed by atoms with E-state index in [1.54, 1.807) is 6.33 Å². The molecule has 8 nitrogen and oxygen atoms in total. The fraction of sp³-hybridized carbons (Fsp3) is 0.722. The van der Waals surface area contributed by atoms with Crippen LogP contribution in [0, 0.1) is 0 Å². The van der Waals surface area contributed by atoms with Crippen molar-refractivity contribution < 1.29 is 5.11 Å². The molecule has 0 radical (unpaired) electrons. The molecule has 0 aromatic carbocycles. The first-order valence-corrected chi connectivity index (χ1v) is 9.67. The van der Waals surface area contributed by atoms with Gasteiger partial charge in [0.15, 0.2) is 0 Å². The van der Waals surface area contributed by atoms with Crippen LogP contribution >= 0.6 is 0 Å². The second-order valence-corrected chi connectivity index (χ2v) is 7.69. The van der Waals surface area contributed by atoms with Crippen LogP contribution in [0.25, 0.3) is 0 Å². The Morgan fingerprint density at radius 1 is 1.12 bits per heavy atom. The summed E-state index contributed by atoms with van der Waals surface area (Å²) in [6, 6.07) is 0. The number of nitrogens with zero attached hydrogens (tertiary/aromatic N) is 6. The average Bonchev–Trinajstić information content (AvgIpc) is 3.28. The monoisotopic (exact) mass is 359 g/mol. The molecule has 0 amide bonds. The highest BCUT2D eigenvalue weighted by Gasteiger charge is 2.27. The normalized spacial score (nSPS) is 23.5. The zero-order valence-electron chi connectivity index (χ0n) is 15.5. The zero-order valence-corrected chi connectivity index (χ0v) is 15.5. The molecule has 0 bridgehead atoms. The van der Waals surface area contributed by atoms with E-state index >= 15 is 0 Å². The summed E-state index contributed by atoms with van der Waals surface area (Å²) in [5.41, 5.74) is 1.16. The molecule has 0 unspecified atom stereocenters. The molecule has 2 aromatic heterocycles. The van der Waals surface area contributed by atoms with Gasteiger partial charge in [-0.2, -0.15) is 0 Å². The summed E-state index contributed by atoms with van der Waals surface area (Å²) in [5, 5.41) is 18.7. The van der Waals surface area contributed by atoms with Crippen molar-refractivity contribution in [2.45, 2.75) is 50.8 Å². The topological polar surface area (TPSA) is 86.1 Å². The number of aliphatic hydroxyl groups is 1. The van der Waals surface area contributed by atoms with Crippen LogP contribution in [-0.4, -0.2) is 71.9 Å². The van der Waals surface area contributed by atoms with Gasteiger partial charge in [0.1, 0.15) is 11.6 Å². The molecule has 2 saturated heterocycles. The van der Waals surface area contributed by atoms with E-state index in [0.717, 1.165) is 69.5 Å². The molecule has 0 spiro atoms. The maximum Gasteiger partial charge on any atom is 0.146 e. The molecule has 8 heteroatoms. The maximum atomic E-state index is 9.67. The number of piperidine rings is 2. The van der Waals surface area contributed by atoms with E-state index in [-0.39, 0.29) is 6.10 Å². The number of hydrogen-bond donors (Lipinski definition) is 2. The minimum absolute atomic E-state index is 0.135. The molecule has 2 aromatic rings. The Morgan fingerprint density at radius 2 is 1.96 bits per heavy atom. The average molecular weight is 359 g/mol. The fourth-order valence-corrected chi connectivity index (χ4v) is 4.17. The number of H-pyrrole nitrogens is 1. The molecule has 2 N–H and O–H groups in total. The largest absolute Gasteiger partial charge is 0.393 e. The predicted molar refractivity (Wildman–Crippen MR) is 97.4 cm³/mol. The van der Waals surface area contributed by atoms with Gasteiger partial charge in [-0.05, 0) is 32.2 Å². The van der Waals surface area contributed by atoms with Gasteiger partial charge in [-0.25, -0.2) is 4.98 Å². The Balaban J connectivity index is 1.38. The third-order valence-electron chi connectivity index (χ3n) is 5.74. The molecule has 2 aliphatic heterocycles. The Bertz CT molecular complexity index is 690. The lowest BCUT2D eigenvalue weighted by Gasteiger charge is -2.32. The number of imidazole rings is 1. The SMILES string of the molecule is Cn1c(CN2CCC(O)CC2)nnc1[C@@H]1CCCN(Cc2cnc[nH]2)C1. The summed E-state index contributed by atoms with van der Waals surface area (Å²) in [4.78, 5) is 12.1. The Hall–Kier alpha value is -1.77. The molecule has 1 atom stereocenters. The van der Waals surface area contributed by atoms with Crippen LogP contribution in [0.15, 0.2) is 12.5 Å². The van der Waals surface area contributed by atoms with Gasteiger partial charge in [0.2, 0.25) is 0 Å². The van der Waals surface area contributed by atoms with Gasteiger partial charge in [-0.1, -0.05) is 0 Å². The number of likely N-dealkylation sites (tertiary alicyclic amines) is 2. The maximum absolute atomic E-state index is 9.67. The first kappa shape index (κ1) is 17.6. The van der Waals surface area contributed by atoms with E-state index in [4.69, 9.17) is 0 Å². The van der Waals surface area contributed by atoms with Crippen molar-refractivity contribution in [2.24, 2.45) is 7.05 Å². The van der Waals surface area contributed by atoms with Crippen molar-refractivity contribution in [3.8, 4) is 0 Å². The quantitative estimate of drug-likeness (QED) is 0.824. The minimum atomic E-state index is -0.135. The summed E-state index contributed by atoms with van der Waals surface area (Å²) >= 11 is 0. The fourth-order valence-electron chi connectivity index (χ4n) is 4.17. The molecule has 0 aliphatic carbocycles. The van der Waals surface area contributed by atoms with Crippen molar-refractivity contribution in [3.05, 3.63) is 29.9 Å². The lowest BCUT2D eigenvalue weighted by Crippen LogP contribution is -2.36. The highest BCUT2D eigenvalue weighted by atomic mass is 16.3. The first-order valence-electron chi connectivity index (χ1n) is 9.67. The van der Waals surface area contributed by atoms with Crippen LogP contribution in [0.5, 0.6) is 0 Å². The molecular weight excluding hydrogens is 330 g/mol. The van der Waals surface area contributed by atoms with Gasteiger partial charge < -0.3 is 14.7 Å². The standard InChI is InChI=1S/C18H29N7O/c1-23-17(12-24-7-4-16(26)5-8-24)21-22-18(23)14-3-2-6-25(10-14)11-15-9-19-13-20-15/h9,13-14,16,26H,2-8,10-12H2,1H3,(H,19,20)/t14-/m1/s1. The highest BCUT2D eigenvalue weighted by molar-refractivity contribution is 5.05. The van der Waals surface area contributed by atoms with E-state index in [1.807, 2.05) is 6.20 Å². The summed E-state index contributed by atoms with van der Waals surface area (Å²) < 4.78 is 2.19. The lowest BCUT2D eigenvalue weighted by atomic mass is 9.97. The molecule has 142 valence electrons. The number of aromatic nitrogens is 5. The van der Waals surface area contributed by atoms with Gasteiger partial charge in [0, 0.05) is 51.0 Å². The van der Waals surface area contributed by atoms with Gasteiger partial charge in [-0.15, -0.1) is 10.2 Å². The van der Waals surface area contributed by atoms with E-state index in [9.17, 15) is 5.11 Å². The summed E-state index contributed by atoms with van der Waals surface area (Å²) in [6.07, 6.45) is 7.58. The first-order chi connectivity index (χ1) is 12.7. The van der Waals surface area contributed by atoms with Crippen LogP contribution < -0.4 is 0 Å². The smallest absolute Gasteiger partial charge is 0.146 e. The zero-order chi connectivity index (χ0) is 17.9. The van der Waals surface area contributed by atoms with E-state index < -0.39 is 0 Å². The van der Waals surface area contributed by atoms with Gasteiger partial charge in [0.05, 0.1) is 19.0 Å². The molecule has 2 aliphatic rings. The Labute approximate surface area is 154 Å². The van der Waals surface area contributed by atoms with Crippen LogP contribution in [0.4, 0.5) is 0 Å². The minimum Gasteiger partial charge on any atom is -0.393 e. The van der Waals surface area contributed by atoms with Gasteiger partial charge in [0.25, 0.3) is 0 Å².